The van der Waals surface area contributed by atoms with Gasteiger partial charge in [-0.3, -0.25) is 0 Å². The predicted octanol–water partition coefficient (Wildman–Crippen LogP) is 3.78. The zero-order valence-electron chi connectivity index (χ0n) is 15.0. The monoisotopic (exact) mass is 383 g/mol. The minimum Gasteiger partial charge on any atom is -0.496 e. The zero-order chi connectivity index (χ0) is 19.4. The predicted molar refractivity (Wildman–Crippen MR) is 92.5 cm³/mol. The highest BCUT2D eigenvalue weighted by molar-refractivity contribution is 5.49. The molecular weight excluding hydrogens is 363 g/mol. The van der Waals surface area contributed by atoms with Crippen LogP contribution in [0.3, 0.4) is 0 Å². The third-order valence-corrected chi connectivity index (χ3v) is 4.27. The van der Waals surface area contributed by atoms with Crippen LogP contribution < -0.4 is 24.3 Å². The number of hydrogen-bond donors (Lipinski definition) is 1. The Labute approximate surface area is 155 Å². The fraction of sp³-hybridized carbons (Fsp3) is 0.368. The van der Waals surface area contributed by atoms with Crippen LogP contribution in [0.15, 0.2) is 30.3 Å². The number of para-hydroxylation sites is 1. The summed E-state index contributed by atoms with van der Waals surface area (Å²) in [5.74, 6) is 1.40. The molecular formula is C19H20F3NO4. The summed E-state index contributed by atoms with van der Waals surface area (Å²) in [4.78, 5) is 0. The molecule has 3 rings (SSSR count). The molecule has 0 radical (unpaired) electrons. The van der Waals surface area contributed by atoms with E-state index >= 15 is 0 Å². The lowest BCUT2D eigenvalue weighted by Gasteiger charge is -2.17. The maximum absolute atomic E-state index is 13.1. The highest BCUT2D eigenvalue weighted by Gasteiger charge is 2.35. The number of nitrogens with one attached hydrogen (secondary N) is 1. The normalized spacial score (nSPS) is 12.9. The molecule has 2 aromatic carbocycles. The van der Waals surface area contributed by atoms with Gasteiger partial charge in [0.1, 0.15) is 17.1 Å². The van der Waals surface area contributed by atoms with Crippen molar-refractivity contribution in [2.24, 2.45) is 0 Å². The van der Waals surface area contributed by atoms with Crippen LogP contribution in [0.4, 0.5) is 13.2 Å². The van der Waals surface area contributed by atoms with Gasteiger partial charge in [0.2, 0.25) is 6.79 Å². The maximum Gasteiger partial charge on any atom is 0.420 e. The van der Waals surface area contributed by atoms with Gasteiger partial charge >= 0.3 is 6.18 Å². The summed E-state index contributed by atoms with van der Waals surface area (Å²) in [5.41, 5.74) is 0.741. The van der Waals surface area contributed by atoms with E-state index in [1.54, 1.807) is 0 Å². The first-order valence-corrected chi connectivity index (χ1v) is 8.34. The van der Waals surface area contributed by atoms with Crippen molar-refractivity contribution in [3.8, 4) is 23.0 Å². The minimum absolute atomic E-state index is 0.183. The molecule has 0 aromatic heterocycles. The second kappa shape index (κ2) is 7.96. The van der Waals surface area contributed by atoms with Crippen LogP contribution in [-0.4, -0.2) is 27.6 Å². The van der Waals surface area contributed by atoms with E-state index in [0.717, 1.165) is 17.4 Å². The fourth-order valence-electron chi connectivity index (χ4n) is 2.95. The molecule has 1 aliphatic heterocycles. The van der Waals surface area contributed by atoms with Crippen LogP contribution in [0.25, 0.3) is 0 Å². The molecule has 0 saturated heterocycles. The molecule has 1 N–H and O–H groups in total. The molecule has 1 aliphatic rings. The van der Waals surface area contributed by atoms with Crippen molar-refractivity contribution < 1.29 is 32.1 Å². The molecule has 0 bridgehead atoms. The number of ether oxygens (including phenoxy) is 4. The smallest absolute Gasteiger partial charge is 0.420 e. The van der Waals surface area contributed by atoms with Gasteiger partial charge in [-0.25, -0.2) is 0 Å². The van der Waals surface area contributed by atoms with Crippen molar-refractivity contribution in [3.05, 3.63) is 47.0 Å². The molecule has 0 unspecified atom stereocenters. The molecule has 0 amide bonds. The SMILES string of the molecule is COc1cc(C(F)(F)F)c(OC)cc1CCNCc1cccc2c1OCO2. The summed E-state index contributed by atoms with van der Waals surface area (Å²) >= 11 is 0. The van der Waals surface area contributed by atoms with Crippen molar-refractivity contribution in [2.75, 3.05) is 27.6 Å². The van der Waals surface area contributed by atoms with Gasteiger partial charge in [0.05, 0.1) is 14.2 Å². The van der Waals surface area contributed by atoms with Gasteiger partial charge < -0.3 is 24.3 Å². The minimum atomic E-state index is -4.51. The summed E-state index contributed by atoms with van der Waals surface area (Å²) in [6.07, 6.45) is -4.03. The van der Waals surface area contributed by atoms with Gasteiger partial charge in [-0.15, -0.1) is 0 Å². The van der Waals surface area contributed by atoms with Crippen molar-refractivity contribution in [1.29, 1.82) is 0 Å². The first-order valence-electron chi connectivity index (χ1n) is 8.34. The van der Waals surface area contributed by atoms with Gasteiger partial charge in [-0.05, 0) is 36.7 Å². The van der Waals surface area contributed by atoms with Gasteiger partial charge in [0.25, 0.3) is 0 Å². The van der Waals surface area contributed by atoms with Gasteiger partial charge in [-0.2, -0.15) is 13.2 Å². The number of halogens is 3. The lowest BCUT2D eigenvalue weighted by molar-refractivity contribution is -0.138. The molecule has 0 atom stereocenters. The van der Waals surface area contributed by atoms with Crippen LogP contribution in [0.1, 0.15) is 16.7 Å². The second-order valence-corrected chi connectivity index (χ2v) is 5.94. The Morgan fingerprint density at radius 3 is 2.52 bits per heavy atom. The number of benzene rings is 2. The second-order valence-electron chi connectivity index (χ2n) is 5.94. The zero-order valence-corrected chi connectivity index (χ0v) is 15.0. The van der Waals surface area contributed by atoms with Gasteiger partial charge in [0, 0.05) is 12.1 Å². The first kappa shape index (κ1) is 19.2. The highest BCUT2D eigenvalue weighted by Crippen LogP contribution is 2.40. The lowest BCUT2D eigenvalue weighted by Crippen LogP contribution is -2.17. The fourth-order valence-corrected chi connectivity index (χ4v) is 2.95. The first-order chi connectivity index (χ1) is 12.9. The summed E-state index contributed by atoms with van der Waals surface area (Å²) in [6, 6.07) is 8.01. The molecule has 146 valence electrons. The highest BCUT2D eigenvalue weighted by atomic mass is 19.4. The van der Waals surface area contributed by atoms with E-state index in [4.69, 9.17) is 18.9 Å². The Morgan fingerprint density at radius 1 is 1.04 bits per heavy atom. The Bertz CT molecular complexity index is 808. The Balaban J connectivity index is 1.66. The maximum atomic E-state index is 13.1. The molecule has 5 nitrogen and oxygen atoms in total. The van der Waals surface area contributed by atoms with Gasteiger partial charge in [-0.1, -0.05) is 12.1 Å². The molecule has 2 aromatic rings. The average molecular weight is 383 g/mol. The largest absolute Gasteiger partial charge is 0.496 e. The Morgan fingerprint density at radius 2 is 1.81 bits per heavy atom. The summed E-state index contributed by atoms with van der Waals surface area (Å²) in [7, 11) is 2.57. The topological polar surface area (TPSA) is 49.0 Å². The number of hydrogen-bond acceptors (Lipinski definition) is 5. The number of rotatable bonds is 7. The van der Waals surface area contributed by atoms with Crippen molar-refractivity contribution in [1.82, 2.24) is 5.32 Å². The molecule has 0 saturated carbocycles. The quantitative estimate of drug-likeness (QED) is 0.738. The molecule has 27 heavy (non-hydrogen) atoms. The average Bonchev–Trinajstić information content (AvgIpc) is 3.13. The number of methoxy groups -OCH3 is 2. The summed E-state index contributed by atoms with van der Waals surface area (Å²) in [6.45, 7) is 1.29. The Kier molecular flexibility index (Phi) is 5.65. The van der Waals surface area contributed by atoms with E-state index in [1.807, 2.05) is 18.2 Å². The van der Waals surface area contributed by atoms with E-state index in [9.17, 15) is 13.2 Å². The molecule has 8 heteroatoms. The standard InChI is InChI=1S/C19H20F3NO4/c1-24-16-9-14(19(20,21)22)17(25-2)8-12(16)6-7-23-10-13-4-3-5-15-18(13)27-11-26-15/h3-5,8-9,23H,6-7,10-11H2,1-2H3. The molecule has 1 heterocycles. The van der Waals surface area contributed by atoms with E-state index < -0.39 is 11.7 Å². The molecule has 0 aliphatic carbocycles. The van der Waals surface area contributed by atoms with Crippen molar-refractivity contribution >= 4 is 0 Å². The van der Waals surface area contributed by atoms with Crippen molar-refractivity contribution in [2.45, 2.75) is 19.1 Å². The van der Waals surface area contributed by atoms with Gasteiger partial charge in [0.15, 0.2) is 11.5 Å². The molecule has 0 spiro atoms. The van der Waals surface area contributed by atoms with Crippen LogP contribution in [0, 0.1) is 0 Å². The lowest BCUT2D eigenvalue weighted by atomic mass is 10.1. The van der Waals surface area contributed by atoms with Crippen LogP contribution >= 0.6 is 0 Å². The van der Waals surface area contributed by atoms with Crippen LogP contribution in [0.5, 0.6) is 23.0 Å². The van der Waals surface area contributed by atoms with Crippen LogP contribution in [-0.2, 0) is 19.1 Å². The summed E-state index contributed by atoms with van der Waals surface area (Å²) < 4.78 is 60.2. The Hall–Kier alpha value is -2.61. The third kappa shape index (κ3) is 4.21. The molecule has 0 fully saturated rings. The van der Waals surface area contributed by atoms with E-state index in [1.165, 1.54) is 20.3 Å². The van der Waals surface area contributed by atoms with E-state index in [2.05, 4.69) is 5.32 Å². The summed E-state index contributed by atoms with van der Waals surface area (Å²) in [5, 5.41) is 3.26. The van der Waals surface area contributed by atoms with Crippen molar-refractivity contribution in [3.63, 3.8) is 0 Å². The van der Waals surface area contributed by atoms with E-state index in [0.29, 0.717) is 30.8 Å². The van der Waals surface area contributed by atoms with Crippen LogP contribution in [0.2, 0.25) is 0 Å². The number of alkyl halides is 3. The number of fused-ring (bicyclic) bond motifs is 1. The van der Waals surface area contributed by atoms with E-state index in [-0.39, 0.29) is 18.3 Å². The third-order valence-electron chi connectivity index (χ3n) is 4.27.